The summed E-state index contributed by atoms with van der Waals surface area (Å²) >= 11 is 0. The predicted molar refractivity (Wildman–Crippen MR) is 103 cm³/mol. The molecule has 1 saturated heterocycles. The van der Waals surface area contributed by atoms with Gasteiger partial charge in [-0.25, -0.2) is 0 Å². The van der Waals surface area contributed by atoms with E-state index in [9.17, 15) is 4.79 Å². The average Bonchev–Trinajstić information content (AvgIpc) is 3.13. The molecule has 4 nitrogen and oxygen atoms in total. The van der Waals surface area contributed by atoms with E-state index < -0.39 is 0 Å². The molecule has 1 aliphatic carbocycles. The van der Waals surface area contributed by atoms with Gasteiger partial charge in [0.25, 0.3) is 0 Å². The minimum atomic E-state index is -0.331. The number of ether oxygens (including phenoxy) is 1. The van der Waals surface area contributed by atoms with E-state index in [1.54, 1.807) is 7.11 Å². The molecule has 2 N–H and O–H groups in total. The second kappa shape index (κ2) is 9.02. The Bertz CT molecular complexity index is 532. The summed E-state index contributed by atoms with van der Waals surface area (Å²) in [4.78, 5) is 13.2. The number of amides is 1. The van der Waals surface area contributed by atoms with Crippen molar-refractivity contribution in [3.8, 4) is 0 Å². The summed E-state index contributed by atoms with van der Waals surface area (Å²) in [5.41, 5.74) is 0.917. The summed E-state index contributed by atoms with van der Waals surface area (Å²) in [5, 5.41) is 6.72. The van der Waals surface area contributed by atoms with E-state index in [4.69, 9.17) is 4.74 Å². The first kappa shape index (κ1) is 20.2. The molecule has 0 atom stereocenters. The van der Waals surface area contributed by atoms with E-state index in [1.165, 1.54) is 5.56 Å². The number of halogens is 1. The van der Waals surface area contributed by atoms with Gasteiger partial charge in [0.1, 0.15) is 0 Å². The van der Waals surface area contributed by atoms with Gasteiger partial charge in [0.2, 0.25) is 5.91 Å². The van der Waals surface area contributed by atoms with Crippen LogP contribution in [-0.2, 0) is 14.9 Å². The predicted octanol–water partition coefficient (Wildman–Crippen LogP) is 3.05. The quantitative estimate of drug-likeness (QED) is 0.813. The fraction of sp³-hybridized carbons (Fsp3) is 0.650. The van der Waals surface area contributed by atoms with Crippen LogP contribution in [0.2, 0.25) is 0 Å². The Morgan fingerprint density at radius 3 is 2.36 bits per heavy atom. The van der Waals surface area contributed by atoms with Gasteiger partial charge in [-0.3, -0.25) is 4.79 Å². The first-order chi connectivity index (χ1) is 11.7. The molecular formula is C20H31ClN2O2. The number of hydrogen-bond acceptors (Lipinski definition) is 3. The maximum absolute atomic E-state index is 13.2. The van der Waals surface area contributed by atoms with Gasteiger partial charge in [-0.2, -0.15) is 0 Å². The Balaban J connectivity index is 0.00000225. The third-order valence-corrected chi connectivity index (χ3v) is 5.96. The summed E-state index contributed by atoms with van der Waals surface area (Å²) in [6.45, 7) is 3.44. The SMILES string of the molecule is COCC1(CNC(=O)C2(c3ccccc3)CCCC2)CCNCC1.Cl. The van der Waals surface area contributed by atoms with E-state index in [2.05, 4.69) is 22.8 Å². The van der Waals surface area contributed by atoms with Crippen molar-refractivity contribution < 1.29 is 9.53 Å². The summed E-state index contributed by atoms with van der Waals surface area (Å²) in [5.74, 6) is 0.209. The van der Waals surface area contributed by atoms with Crippen LogP contribution in [0.15, 0.2) is 30.3 Å². The fourth-order valence-corrected chi connectivity index (χ4v) is 4.45. The van der Waals surface area contributed by atoms with Crippen molar-refractivity contribution in [2.45, 2.75) is 43.9 Å². The second-order valence-corrected chi connectivity index (χ2v) is 7.52. The van der Waals surface area contributed by atoms with E-state index in [0.29, 0.717) is 6.61 Å². The van der Waals surface area contributed by atoms with Crippen LogP contribution in [0.3, 0.4) is 0 Å². The molecule has 0 aromatic heterocycles. The zero-order chi connectivity index (χ0) is 16.9. The zero-order valence-corrected chi connectivity index (χ0v) is 16.0. The molecule has 25 heavy (non-hydrogen) atoms. The molecule has 0 radical (unpaired) electrons. The summed E-state index contributed by atoms with van der Waals surface area (Å²) in [6.07, 6.45) is 6.30. The molecule has 3 rings (SSSR count). The van der Waals surface area contributed by atoms with E-state index in [-0.39, 0.29) is 29.1 Å². The zero-order valence-electron chi connectivity index (χ0n) is 15.2. The number of methoxy groups -OCH3 is 1. The molecule has 0 unspecified atom stereocenters. The van der Waals surface area contributed by atoms with Crippen molar-refractivity contribution in [1.82, 2.24) is 10.6 Å². The lowest BCUT2D eigenvalue weighted by molar-refractivity contribution is -0.127. The summed E-state index contributed by atoms with van der Waals surface area (Å²) < 4.78 is 5.47. The van der Waals surface area contributed by atoms with Crippen molar-refractivity contribution in [2.75, 3.05) is 33.4 Å². The number of piperidine rings is 1. The van der Waals surface area contributed by atoms with Gasteiger partial charge in [-0.05, 0) is 44.3 Å². The van der Waals surface area contributed by atoms with Gasteiger partial charge in [-0.1, -0.05) is 43.2 Å². The largest absolute Gasteiger partial charge is 0.384 e. The number of hydrogen-bond donors (Lipinski definition) is 2. The number of benzene rings is 1. The number of rotatable bonds is 6. The molecule has 1 aromatic rings. The van der Waals surface area contributed by atoms with E-state index in [0.717, 1.165) is 58.2 Å². The van der Waals surface area contributed by atoms with E-state index in [1.807, 2.05) is 18.2 Å². The fourth-order valence-electron chi connectivity index (χ4n) is 4.45. The van der Waals surface area contributed by atoms with Crippen LogP contribution in [-0.4, -0.2) is 39.3 Å². The lowest BCUT2D eigenvalue weighted by atomic mass is 9.76. The molecule has 140 valence electrons. The van der Waals surface area contributed by atoms with Crippen molar-refractivity contribution in [3.05, 3.63) is 35.9 Å². The lowest BCUT2D eigenvalue weighted by Crippen LogP contribution is -2.51. The van der Waals surface area contributed by atoms with Crippen molar-refractivity contribution in [1.29, 1.82) is 0 Å². The molecule has 2 fully saturated rings. The molecule has 1 saturated carbocycles. The van der Waals surface area contributed by atoms with Gasteiger partial charge in [0, 0.05) is 19.1 Å². The standard InChI is InChI=1S/C20H30N2O2.ClH/c1-24-16-19(11-13-21-14-12-19)15-22-18(23)20(9-5-6-10-20)17-7-3-2-4-8-17;/h2-4,7-8,21H,5-6,9-16H2,1H3,(H,22,23);1H. The highest BCUT2D eigenvalue weighted by molar-refractivity contribution is 5.88. The first-order valence-electron chi connectivity index (χ1n) is 9.24. The minimum absolute atomic E-state index is 0. The molecule has 1 aromatic carbocycles. The van der Waals surface area contributed by atoms with Crippen LogP contribution in [0.25, 0.3) is 0 Å². The van der Waals surface area contributed by atoms with Crippen molar-refractivity contribution in [2.24, 2.45) is 5.41 Å². The minimum Gasteiger partial charge on any atom is -0.384 e. The molecule has 0 bridgehead atoms. The highest BCUT2D eigenvalue weighted by atomic mass is 35.5. The monoisotopic (exact) mass is 366 g/mol. The Hall–Kier alpha value is -1.10. The Labute approximate surface area is 157 Å². The molecule has 5 heteroatoms. The Kier molecular flexibility index (Phi) is 7.29. The van der Waals surface area contributed by atoms with Crippen LogP contribution < -0.4 is 10.6 Å². The number of nitrogens with one attached hydrogen (secondary N) is 2. The van der Waals surface area contributed by atoms with Crippen molar-refractivity contribution >= 4 is 18.3 Å². The summed E-state index contributed by atoms with van der Waals surface area (Å²) in [6, 6.07) is 10.3. The number of carbonyl (C=O) groups is 1. The van der Waals surface area contributed by atoms with E-state index >= 15 is 0 Å². The average molecular weight is 367 g/mol. The number of carbonyl (C=O) groups excluding carboxylic acids is 1. The summed E-state index contributed by atoms with van der Waals surface area (Å²) in [7, 11) is 1.76. The third-order valence-electron chi connectivity index (χ3n) is 5.96. The maximum atomic E-state index is 13.2. The van der Waals surface area contributed by atoms with Gasteiger partial charge in [0.05, 0.1) is 12.0 Å². The van der Waals surface area contributed by atoms with Crippen LogP contribution in [0.4, 0.5) is 0 Å². The van der Waals surface area contributed by atoms with Crippen LogP contribution in [0.5, 0.6) is 0 Å². The van der Waals surface area contributed by atoms with Crippen LogP contribution >= 0.6 is 12.4 Å². The third kappa shape index (κ3) is 4.36. The van der Waals surface area contributed by atoms with Gasteiger partial charge in [0.15, 0.2) is 0 Å². The molecule has 1 amide bonds. The Morgan fingerprint density at radius 2 is 1.76 bits per heavy atom. The lowest BCUT2D eigenvalue weighted by Gasteiger charge is -2.38. The molecule has 2 aliphatic rings. The molecule has 0 spiro atoms. The topological polar surface area (TPSA) is 50.4 Å². The second-order valence-electron chi connectivity index (χ2n) is 7.52. The molecular weight excluding hydrogens is 336 g/mol. The first-order valence-corrected chi connectivity index (χ1v) is 9.24. The van der Waals surface area contributed by atoms with Gasteiger partial charge in [-0.15, -0.1) is 12.4 Å². The normalized spacial score (nSPS) is 21.3. The molecule has 1 heterocycles. The Morgan fingerprint density at radius 1 is 1.12 bits per heavy atom. The molecule has 1 aliphatic heterocycles. The van der Waals surface area contributed by atoms with Crippen LogP contribution in [0, 0.1) is 5.41 Å². The smallest absolute Gasteiger partial charge is 0.230 e. The van der Waals surface area contributed by atoms with Gasteiger partial charge < -0.3 is 15.4 Å². The maximum Gasteiger partial charge on any atom is 0.230 e. The highest BCUT2D eigenvalue weighted by Crippen LogP contribution is 2.41. The highest BCUT2D eigenvalue weighted by Gasteiger charge is 2.43. The van der Waals surface area contributed by atoms with Gasteiger partial charge >= 0.3 is 0 Å². The van der Waals surface area contributed by atoms with Crippen LogP contribution in [0.1, 0.15) is 44.1 Å². The van der Waals surface area contributed by atoms with Crippen molar-refractivity contribution in [3.63, 3.8) is 0 Å².